The van der Waals surface area contributed by atoms with Gasteiger partial charge in [0.15, 0.2) is 3.79 Å². The van der Waals surface area contributed by atoms with E-state index < -0.39 is 9.90 Å². The average molecular weight is 322 g/mol. The van der Waals surface area contributed by atoms with E-state index in [1.165, 1.54) is 0 Å². The van der Waals surface area contributed by atoms with Gasteiger partial charge < -0.3 is 5.11 Å². The predicted molar refractivity (Wildman–Crippen MR) is 71.1 cm³/mol. The molecule has 0 bridgehead atoms. The molecular formula is C10H9Cl5O. The van der Waals surface area contributed by atoms with E-state index in [0.717, 1.165) is 0 Å². The van der Waals surface area contributed by atoms with Crippen LogP contribution in [0.1, 0.15) is 17.2 Å². The highest BCUT2D eigenvalue weighted by Crippen LogP contribution is 2.34. The Balaban J connectivity index is 3.08. The van der Waals surface area contributed by atoms with Crippen molar-refractivity contribution in [2.24, 2.45) is 0 Å². The van der Waals surface area contributed by atoms with Gasteiger partial charge in [0.1, 0.15) is 0 Å². The fraction of sp³-hybridized carbons (Fsp3) is 0.400. The zero-order valence-corrected chi connectivity index (χ0v) is 11.8. The first-order valence-electron chi connectivity index (χ1n) is 4.42. The molecule has 0 spiro atoms. The third-order valence-corrected chi connectivity index (χ3v) is 2.93. The number of hydrogen-bond donors (Lipinski definition) is 1. The SMILES string of the molecule is OC(CCl)c1ccc(Cl)cc1CC(Cl)(Cl)Cl. The molecule has 0 fully saturated rings. The smallest absolute Gasteiger partial charge is 0.194 e. The van der Waals surface area contributed by atoms with E-state index in [0.29, 0.717) is 16.1 Å². The zero-order chi connectivity index (χ0) is 12.3. The topological polar surface area (TPSA) is 20.2 Å². The van der Waals surface area contributed by atoms with E-state index in [-0.39, 0.29) is 12.3 Å². The summed E-state index contributed by atoms with van der Waals surface area (Å²) in [6.07, 6.45) is -0.622. The van der Waals surface area contributed by atoms with Crippen molar-refractivity contribution in [1.82, 2.24) is 0 Å². The van der Waals surface area contributed by atoms with Crippen LogP contribution in [0.25, 0.3) is 0 Å². The number of alkyl halides is 4. The fourth-order valence-electron chi connectivity index (χ4n) is 1.35. The molecule has 1 unspecified atom stereocenters. The second kappa shape index (κ2) is 5.99. The Labute approximate surface area is 119 Å². The summed E-state index contributed by atoms with van der Waals surface area (Å²) in [5.74, 6) is 0.0779. The molecule has 0 aliphatic rings. The van der Waals surface area contributed by atoms with Crippen molar-refractivity contribution in [2.75, 3.05) is 5.88 Å². The molecule has 0 radical (unpaired) electrons. The largest absolute Gasteiger partial charge is 0.387 e. The van der Waals surface area contributed by atoms with E-state index in [9.17, 15) is 5.11 Å². The maximum atomic E-state index is 9.69. The van der Waals surface area contributed by atoms with Gasteiger partial charge >= 0.3 is 0 Å². The summed E-state index contributed by atoms with van der Waals surface area (Å²) in [5, 5.41) is 10.2. The van der Waals surface area contributed by atoms with Gasteiger partial charge in [0.25, 0.3) is 0 Å². The van der Waals surface area contributed by atoms with Crippen LogP contribution in [0.2, 0.25) is 5.02 Å². The van der Waals surface area contributed by atoms with Crippen molar-refractivity contribution in [3.8, 4) is 0 Å². The molecule has 1 aromatic carbocycles. The summed E-state index contributed by atoms with van der Waals surface area (Å²) in [6, 6.07) is 5.00. The molecule has 0 aliphatic carbocycles. The maximum Gasteiger partial charge on any atom is 0.194 e. The molecule has 0 amide bonds. The molecule has 0 saturated carbocycles. The van der Waals surface area contributed by atoms with Gasteiger partial charge in [0.05, 0.1) is 12.0 Å². The Kier molecular flexibility index (Phi) is 5.50. The molecular weight excluding hydrogens is 313 g/mol. The molecule has 1 aromatic rings. The van der Waals surface area contributed by atoms with Crippen molar-refractivity contribution in [3.63, 3.8) is 0 Å². The highest BCUT2D eigenvalue weighted by Gasteiger charge is 2.23. The Bertz CT molecular complexity index is 361. The standard InChI is InChI=1S/C10H9Cl5O/c11-5-9(16)8-2-1-7(12)3-6(8)4-10(13,14)15/h1-3,9,16H,4-5H2. The third kappa shape index (κ3) is 4.48. The van der Waals surface area contributed by atoms with Crippen LogP contribution < -0.4 is 0 Å². The van der Waals surface area contributed by atoms with Gasteiger partial charge in [-0.3, -0.25) is 0 Å². The Morgan fingerprint density at radius 1 is 1.25 bits per heavy atom. The summed E-state index contributed by atoms with van der Waals surface area (Å²) in [6.45, 7) is 0. The van der Waals surface area contributed by atoms with Gasteiger partial charge in [-0.25, -0.2) is 0 Å². The van der Waals surface area contributed by atoms with Crippen molar-refractivity contribution in [2.45, 2.75) is 16.3 Å². The lowest BCUT2D eigenvalue weighted by atomic mass is 10.0. The quantitative estimate of drug-likeness (QED) is 0.811. The first-order chi connectivity index (χ1) is 7.33. The Morgan fingerprint density at radius 3 is 2.38 bits per heavy atom. The van der Waals surface area contributed by atoms with Crippen LogP contribution in [0.4, 0.5) is 0 Å². The van der Waals surface area contributed by atoms with Crippen molar-refractivity contribution < 1.29 is 5.11 Å². The fourth-order valence-corrected chi connectivity index (χ4v) is 2.14. The summed E-state index contributed by atoms with van der Waals surface area (Å²) in [5.41, 5.74) is 1.31. The molecule has 90 valence electrons. The molecule has 1 rings (SSSR count). The minimum Gasteiger partial charge on any atom is -0.387 e. The Hall–Kier alpha value is 0.630. The number of rotatable bonds is 3. The average Bonchev–Trinajstić information content (AvgIpc) is 2.14. The van der Waals surface area contributed by atoms with Crippen molar-refractivity contribution in [1.29, 1.82) is 0 Å². The highest BCUT2D eigenvalue weighted by atomic mass is 35.6. The van der Waals surface area contributed by atoms with Crippen LogP contribution in [0.15, 0.2) is 18.2 Å². The molecule has 1 atom stereocenters. The van der Waals surface area contributed by atoms with Crippen LogP contribution >= 0.6 is 58.0 Å². The van der Waals surface area contributed by atoms with Crippen molar-refractivity contribution >= 4 is 58.0 Å². The lowest BCUT2D eigenvalue weighted by Gasteiger charge is -2.17. The predicted octanol–water partition coefficient (Wildman–Crippen LogP) is 4.52. The van der Waals surface area contributed by atoms with Crippen LogP contribution in [0.3, 0.4) is 0 Å². The van der Waals surface area contributed by atoms with E-state index in [4.69, 9.17) is 58.0 Å². The van der Waals surface area contributed by atoms with Gasteiger partial charge in [-0.1, -0.05) is 52.5 Å². The normalized spacial score (nSPS) is 13.9. The lowest BCUT2D eigenvalue weighted by Crippen LogP contribution is -2.11. The number of benzene rings is 1. The van der Waals surface area contributed by atoms with E-state index in [1.807, 2.05) is 0 Å². The number of aliphatic hydroxyl groups is 1. The van der Waals surface area contributed by atoms with Gasteiger partial charge in [-0.2, -0.15) is 0 Å². The number of aliphatic hydroxyl groups excluding tert-OH is 1. The van der Waals surface area contributed by atoms with Crippen LogP contribution in [0, 0.1) is 0 Å². The molecule has 0 aromatic heterocycles. The molecule has 0 heterocycles. The molecule has 1 nitrogen and oxygen atoms in total. The third-order valence-electron chi connectivity index (χ3n) is 2.00. The second-order valence-electron chi connectivity index (χ2n) is 3.31. The molecule has 0 saturated heterocycles. The first kappa shape index (κ1) is 14.7. The second-order valence-corrected chi connectivity index (χ2v) is 6.57. The summed E-state index contributed by atoms with van der Waals surface area (Å²) in [4.78, 5) is 0. The van der Waals surface area contributed by atoms with Crippen LogP contribution in [-0.2, 0) is 6.42 Å². The van der Waals surface area contributed by atoms with Gasteiger partial charge in [-0.05, 0) is 23.3 Å². The first-order valence-corrected chi connectivity index (χ1v) is 6.47. The minimum atomic E-state index is -1.43. The van der Waals surface area contributed by atoms with Gasteiger partial charge in [-0.15, -0.1) is 11.6 Å². The maximum absolute atomic E-state index is 9.69. The van der Waals surface area contributed by atoms with Crippen LogP contribution in [0.5, 0.6) is 0 Å². The summed E-state index contributed by atoms with van der Waals surface area (Å²) >= 11 is 28.6. The molecule has 0 aliphatic heterocycles. The summed E-state index contributed by atoms with van der Waals surface area (Å²) < 4.78 is -1.43. The lowest BCUT2D eigenvalue weighted by molar-refractivity contribution is 0.201. The van der Waals surface area contributed by atoms with E-state index in [2.05, 4.69) is 0 Å². The Morgan fingerprint density at radius 2 is 1.88 bits per heavy atom. The minimum absolute atomic E-state index is 0.0779. The number of hydrogen-bond acceptors (Lipinski definition) is 1. The molecule has 16 heavy (non-hydrogen) atoms. The van der Waals surface area contributed by atoms with Crippen LogP contribution in [-0.4, -0.2) is 14.8 Å². The highest BCUT2D eigenvalue weighted by molar-refractivity contribution is 6.67. The molecule has 1 N–H and O–H groups in total. The zero-order valence-electron chi connectivity index (χ0n) is 8.06. The monoisotopic (exact) mass is 320 g/mol. The van der Waals surface area contributed by atoms with Crippen molar-refractivity contribution in [3.05, 3.63) is 34.3 Å². The van der Waals surface area contributed by atoms with Gasteiger partial charge in [0, 0.05) is 11.4 Å². The van der Waals surface area contributed by atoms with E-state index in [1.54, 1.807) is 18.2 Å². The molecule has 6 heteroatoms. The summed E-state index contributed by atoms with van der Waals surface area (Å²) in [7, 11) is 0. The number of halogens is 5. The van der Waals surface area contributed by atoms with Gasteiger partial charge in [0.2, 0.25) is 0 Å². The van der Waals surface area contributed by atoms with E-state index >= 15 is 0 Å².